The van der Waals surface area contributed by atoms with Crippen LogP contribution in [0.25, 0.3) is 0 Å². The van der Waals surface area contributed by atoms with Crippen LogP contribution in [0.15, 0.2) is 60.0 Å². The fraction of sp³-hybridized carbons (Fsp3) is 0.292. The maximum absolute atomic E-state index is 13.4. The van der Waals surface area contributed by atoms with Gasteiger partial charge < -0.3 is 15.0 Å². The zero-order valence-corrected chi connectivity index (χ0v) is 18.3. The van der Waals surface area contributed by atoms with Crippen molar-refractivity contribution in [2.24, 2.45) is 0 Å². The van der Waals surface area contributed by atoms with Gasteiger partial charge in [-0.05, 0) is 72.4 Å². The number of rotatable bonds is 6. The lowest BCUT2D eigenvalue weighted by Crippen LogP contribution is -2.40. The molecule has 0 bridgehead atoms. The molecule has 1 aliphatic rings. The van der Waals surface area contributed by atoms with E-state index in [1.807, 2.05) is 18.5 Å². The van der Waals surface area contributed by atoms with Crippen LogP contribution in [0, 0.1) is 0 Å². The first-order chi connectivity index (χ1) is 15.4. The molecule has 0 saturated heterocycles. The van der Waals surface area contributed by atoms with E-state index in [-0.39, 0.29) is 5.91 Å². The van der Waals surface area contributed by atoms with Crippen LogP contribution in [0.3, 0.4) is 0 Å². The highest BCUT2D eigenvalue weighted by Crippen LogP contribution is 2.39. The summed E-state index contributed by atoms with van der Waals surface area (Å²) < 4.78 is 44.7. The Hall–Kier alpha value is -2.84. The van der Waals surface area contributed by atoms with E-state index in [2.05, 4.69) is 5.32 Å². The Morgan fingerprint density at radius 3 is 2.50 bits per heavy atom. The summed E-state index contributed by atoms with van der Waals surface area (Å²) in [6.07, 6.45) is -3.67. The zero-order valence-electron chi connectivity index (χ0n) is 17.5. The Morgan fingerprint density at radius 1 is 1.12 bits per heavy atom. The Morgan fingerprint density at radius 2 is 1.84 bits per heavy atom. The van der Waals surface area contributed by atoms with E-state index in [0.717, 1.165) is 29.0 Å². The molecule has 3 aromatic rings. The second-order valence-corrected chi connectivity index (χ2v) is 8.55. The van der Waals surface area contributed by atoms with Crippen molar-refractivity contribution in [2.75, 3.05) is 26.7 Å². The predicted octanol–water partition coefficient (Wildman–Crippen LogP) is 5.15. The number of likely N-dealkylation sites (N-methyl/N-ethyl adjacent to an activating group) is 1. The highest BCUT2D eigenvalue weighted by molar-refractivity contribution is 7.10. The molecule has 0 spiro atoms. The van der Waals surface area contributed by atoms with E-state index < -0.39 is 17.8 Å². The predicted molar refractivity (Wildman–Crippen MR) is 118 cm³/mol. The summed E-state index contributed by atoms with van der Waals surface area (Å²) in [5.74, 6) is 0.517. The van der Waals surface area contributed by atoms with Crippen LogP contribution in [-0.4, -0.2) is 37.6 Å². The van der Waals surface area contributed by atoms with Gasteiger partial charge in [0.25, 0.3) is 5.91 Å². The Balaban J connectivity index is 1.61. The molecule has 0 aliphatic carbocycles. The molecule has 4 nitrogen and oxygen atoms in total. The third kappa shape index (κ3) is 4.66. The van der Waals surface area contributed by atoms with E-state index in [9.17, 15) is 18.0 Å². The normalized spacial score (nSPS) is 16.0. The Bertz CT molecular complexity index is 1060. The number of hydrogen-bond acceptors (Lipinski definition) is 4. The number of amides is 1. The first-order valence-corrected chi connectivity index (χ1v) is 11.2. The first-order valence-electron chi connectivity index (χ1n) is 10.3. The van der Waals surface area contributed by atoms with Gasteiger partial charge in [0, 0.05) is 23.5 Å². The highest BCUT2D eigenvalue weighted by Gasteiger charge is 2.35. The molecule has 4 rings (SSSR count). The Labute approximate surface area is 188 Å². The van der Waals surface area contributed by atoms with Crippen molar-refractivity contribution in [2.45, 2.75) is 18.6 Å². The molecule has 168 valence electrons. The summed E-state index contributed by atoms with van der Waals surface area (Å²) in [6, 6.07) is 13.6. The van der Waals surface area contributed by atoms with Gasteiger partial charge in [0.2, 0.25) is 0 Å². The fourth-order valence-electron chi connectivity index (χ4n) is 3.88. The van der Waals surface area contributed by atoms with E-state index in [0.29, 0.717) is 36.6 Å². The summed E-state index contributed by atoms with van der Waals surface area (Å²) in [5.41, 5.74) is 1.45. The molecule has 1 aromatic heterocycles. The first kappa shape index (κ1) is 22.4. The minimum Gasteiger partial charge on any atom is -0.492 e. The maximum atomic E-state index is 13.4. The standard InChI is InChI=1S/C24H23F3N2O2S/c1-28-12-14-31-19-8-4-17(5-9-19)23(30)29-13-10-21-20(11-15-32-21)22(29)16-2-6-18(7-3-16)24(25,26)27/h2-9,11,15,22,28H,10,12-14H2,1H3. The highest BCUT2D eigenvalue weighted by atomic mass is 32.1. The largest absolute Gasteiger partial charge is 0.492 e. The van der Waals surface area contributed by atoms with E-state index >= 15 is 0 Å². The number of thiophene rings is 1. The molecule has 32 heavy (non-hydrogen) atoms. The number of nitrogens with zero attached hydrogens (tertiary/aromatic N) is 1. The topological polar surface area (TPSA) is 41.6 Å². The minimum absolute atomic E-state index is 0.159. The molecule has 1 amide bonds. The van der Waals surface area contributed by atoms with Crippen molar-refractivity contribution < 1.29 is 22.7 Å². The molecule has 8 heteroatoms. The van der Waals surface area contributed by atoms with Gasteiger partial charge in [-0.2, -0.15) is 13.2 Å². The second kappa shape index (κ2) is 9.34. The van der Waals surface area contributed by atoms with Gasteiger partial charge in [0.05, 0.1) is 11.6 Å². The number of benzene rings is 2. The van der Waals surface area contributed by atoms with Crippen molar-refractivity contribution in [1.29, 1.82) is 0 Å². The molecule has 1 aliphatic heterocycles. The summed E-state index contributed by atoms with van der Waals surface area (Å²) in [6.45, 7) is 1.73. The second-order valence-electron chi connectivity index (χ2n) is 7.55. The van der Waals surface area contributed by atoms with Crippen molar-refractivity contribution in [3.05, 3.63) is 87.1 Å². The minimum atomic E-state index is -4.40. The van der Waals surface area contributed by atoms with Gasteiger partial charge in [0.1, 0.15) is 12.4 Å². The Kier molecular flexibility index (Phi) is 6.53. The molecular weight excluding hydrogens is 437 g/mol. The summed E-state index contributed by atoms with van der Waals surface area (Å²) >= 11 is 1.61. The zero-order chi connectivity index (χ0) is 22.7. The van der Waals surface area contributed by atoms with Crippen molar-refractivity contribution in [1.82, 2.24) is 10.2 Å². The number of alkyl halides is 3. The summed E-state index contributed by atoms with van der Waals surface area (Å²) in [7, 11) is 1.84. The smallest absolute Gasteiger partial charge is 0.416 e. The molecule has 1 unspecified atom stereocenters. The third-order valence-electron chi connectivity index (χ3n) is 5.50. The molecule has 0 saturated carbocycles. The molecule has 2 heterocycles. The van der Waals surface area contributed by atoms with Crippen LogP contribution in [0.5, 0.6) is 5.75 Å². The van der Waals surface area contributed by atoms with Gasteiger partial charge in [-0.3, -0.25) is 4.79 Å². The van der Waals surface area contributed by atoms with E-state index in [1.54, 1.807) is 40.5 Å². The average molecular weight is 461 g/mol. The summed E-state index contributed by atoms with van der Waals surface area (Å²) in [4.78, 5) is 16.3. The third-order valence-corrected chi connectivity index (χ3v) is 6.50. The van der Waals surface area contributed by atoms with Gasteiger partial charge in [-0.15, -0.1) is 11.3 Å². The molecular formula is C24H23F3N2O2S. The van der Waals surface area contributed by atoms with Gasteiger partial charge >= 0.3 is 6.18 Å². The molecule has 1 N–H and O–H groups in total. The van der Waals surface area contributed by atoms with Crippen molar-refractivity contribution in [3.8, 4) is 5.75 Å². The monoisotopic (exact) mass is 460 g/mol. The SMILES string of the molecule is CNCCOc1ccc(C(=O)N2CCc3sccc3C2c2ccc(C(F)(F)F)cc2)cc1. The van der Waals surface area contributed by atoms with Crippen LogP contribution >= 0.6 is 11.3 Å². The number of carbonyl (C=O) groups is 1. The van der Waals surface area contributed by atoms with Crippen LogP contribution in [0.4, 0.5) is 13.2 Å². The van der Waals surface area contributed by atoms with E-state index in [1.165, 1.54) is 12.1 Å². The van der Waals surface area contributed by atoms with Crippen molar-refractivity contribution >= 4 is 17.2 Å². The van der Waals surface area contributed by atoms with Crippen LogP contribution in [0.1, 0.15) is 38.0 Å². The quantitative estimate of drug-likeness (QED) is 0.517. The molecule has 1 atom stereocenters. The molecule has 2 aromatic carbocycles. The molecule has 0 fully saturated rings. The summed E-state index contributed by atoms with van der Waals surface area (Å²) in [5, 5.41) is 4.97. The van der Waals surface area contributed by atoms with Crippen LogP contribution in [0.2, 0.25) is 0 Å². The maximum Gasteiger partial charge on any atom is 0.416 e. The average Bonchev–Trinajstić information content (AvgIpc) is 3.27. The lowest BCUT2D eigenvalue weighted by molar-refractivity contribution is -0.137. The fourth-order valence-corrected chi connectivity index (χ4v) is 4.78. The van der Waals surface area contributed by atoms with Gasteiger partial charge in [-0.1, -0.05) is 12.1 Å². The van der Waals surface area contributed by atoms with Crippen LogP contribution in [-0.2, 0) is 12.6 Å². The lowest BCUT2D eigenvalue weighted by atomic mass is 9.92. The lowest BCUT2D eigenvalue weighted by Gasteiger charge is -2.36. The number of nitrogens with one attached hydrogen (secondary N) is 1. The molecule has 0 radical (unpaired) electrons. The van der Waals surface area contributed by atoms with Gasteiger partial charge in [-0.25, -0.2) is 0 Å². The van der Waals surface area contributed by atoms with Crippen LogP contribution < -0.4 is 10.1 Å². The van der Waals surface area contributed by atoms with Gasteiger partial charge in [0.15, 0.2) is 0 Å². The number of ether oxygens (including phenoxy) is 1. The number of carbonyl (C=O) groups excluding carboxylic acids is 1. The van der Waals surface area contributed by atoms with E-state index in [4.69, 9.17) is 4.74 Å². The van der Waals surface area contributed by atoms with Crippen molar-refractivity contribution in [3.63, 3.8) is 0 Å². The number of fused-ring (bicyclic) bond motifs is 1. The number of halogens is 3. The number of hydrogen-bond donors (Lipinski definition) is 1.